The van der Waals surface area contributed by atoms with Crippen molar-refractivity contribution in [1.29, 1.82) is 0 Å². The first-order valence-corrected chi connectivity index (χ1v) is 11.8. The molecule has 5 rings (SSSR count). The molecule has 1 aliphatic carbocycles. The van der Waals surface area contributed by atoms with Crippen molar-refractivity contribution in [3.05, 3.63) is 71.0 Å². The van der Waals surface area contributed by atoms with Crippen LogP contribution in [0.4, 0.5) is 17.3 Å². The summed E-state index contributed by atoms with van der Waals surface area (Å²) in [5.74, 6) is 0.296. The lowest BCUT2D eigenvalue weighted by atomic mass is 9.98. The molecular formula is C25H30N8O3. The number of ether oxygens (including phenoxy) is 1. The first-order valence-electron chi connectivity index (χ1n) is 11.8. The van der Waals surface area contributed by atoms with Crippen LogP contribution >= 0.6 is 0 Å². The molecule has 4 aromatic rings. The minimum Gasteiger partial charge on any atom is -0.381 e. The van der Waals surface area contributed by atoms with E-state index in [1.807, 2.05) is 7.11 Å². The first-order chi connectivity index (χ1) is 17.5. The molecule has 0 radical (unpaired) electrons. The summed E-state index contributed by atoms with van der Waals surface area (Å²) in [6.07, 6.45) is 13.6. The Bertz CT molecular complexity index is 1380. The Morgan fingerprint density at radius 2 is 1.97 bits per heavy atom. The summed E-state index contributed by atoms with van der Waals surface area (Å²) in [6.45, 7) is 0. The molecule has 0 unspecified atom stereocenters. The molecule has 0 atom stereocenters. The predicted octanol–water partition coefficient (Wildman–Crippen LogP) is 3.12. The zero-order valence-electron chi connectivity index (χ0n) is 20.3. The van der Waals surface area contributed by atoms with Gasteiger partial charge in [-0.05, 0) is 37.1 Å². The van der Waals surface area contributed by atoms with Crippen LogP contribution in [0.5, 0.6) is 0 Å². The number of aromatic nitrogens is 5. The SMILES string of the molecule is CNc1cc(Nc2cccn(-c3cccnc3)c2=O)nc2c(C(N)=O)cnn12.COC1CCCCC1. The van der Waals surface area contributed by atoms with E-state index in [0.717, 1.165) is 0 Å². The van der Waals surface area contributed by atoms with Crippen molar-refractivity contribution in [1.82, 2.24) is 24.1 Å². The minimum absolute atomic E-state index is 0.181. The number of rotatable bonds is 6. The topological polar surface area (TPSA) is 141 Å². The van der Waals surface area contributed by atoms with Crippen molar-refractivity contribution in [2.24, 2.45) is 5.73 Å². The molecule has 0 aliphatic heterocycles. The number of carbonyl (C=O) groups is 1. The molecule has 4 N–H and O–H groups in total. The van der Waals surface area contributed by atoms with E-state index in [1.54, 1.807) is 56.0 Å². The Hall–Kier alpha value is -4.25. The van der Waals surface area contributed by atoms with Crippen molar-refractivity contribution in [2.75, 3.05) is 24.8 Å². The van der Waals surface area contributed by atoms with E-state index in [2.05, 4.69) is 25.7 Å². The number of primary amides is 1. The van der Waals surface area contributed by atoms with Gasteiger partial charge in [0.2, 0.25) is 0 Å². The maximum atomic E-state index is 12.9. The van der Waals surface area contributed by atoms with E-state index in [-0.39, 0.29) is 16.8 Å². The Morgan fingerprint density at radius 3 is 2.61 bits per heavy atom. The fourth-order valence-corrected chi connectivity index (χ4v) is 4.11. The van der Waals surface area contributed by atoms with Gasteiger partial charge in [-0.15, -0.1) is 0 Å². The largest absolute Gasteiger partial charge is 0.381 e. The summed E-state index contributed by atoms with van der Waals surface area (Å²) in [4.78, 5) is 32.9. The number of pyridine rings is 2. The zero-order valence-corrected chi connectivity index (χ0v) is 20.3. The average molecular weight is 491 g/mol. The van der Waals surface area contributed by atoms with Crippen LogP contribution in [0.3, 0.4) is 0 Å². The van der Waals surface area contributed by atoms with Gasteiger partial charge in [-0.25, -0.2) is 4.98 Å². The van der Waals surface area contributed by atoms with Gasteiger partial charge in [-0.1, -0.05) is 19.3 Å². The summed E-state index contributed by atoms with van der Waals surface area (Å²) >= 11 is 0. The monoisotopic (exact) mass is 490 g/mol. The lowest BCUT2D eigenvalue weighted by molar-refractivity contribution is 0.0710. The van der Waals surface area contributed by atoms with Crippen LogP contribution in [0.2, 0.25) is 0 Å². The lowest BCUT2D eigenvalue weighted by Gasteiger charge is -2.19. The van der Waals surface area contributed by atoms with E-state index in [4.69, 9.17) is 10.5 Å². The number of fused-ring (bicyclic) bond motifs is 1. The molecule has 1 aliphatic rings. The van der Waals surface area contributed by atoms with Gasteiger partial charge in [-0.2, -0.15) is 9.61 Å². The number of hydrogen-bond donors (Lipinski definition) is 3. The third-order valence-electron chi connectivity index (χ3n) is 6.01. The molecule has 0 bridgehead atoms. The number of nitrogens with two attached hydrogens (primary N) is 1. The molecule has 36 heavy (non-hydrogen) atoms. The highest BCUT2D eigenvalue weighted by molar-refractivity contribution is 5.98. The molecule has 4 aromatic heterocycles. The fraction of sp³-hybridized carbons (Fsp3) is 0.320. The molecule has 1 amide bonds. The van der Waals surface area contributed by atoms with Gasteiger partial charge in [0.15, 0.2) is 5.65 Å². The normalized spacial score (nSPS) is 13.6. The number of anilines is 3. The van der Waals surface area contributed by atoms with Gasteiger partial charge >= 0.3 is 0 Å². The summed E-state index contributed by atoms with van der Waals surface area (Å²) in [5, 5.41) is 10.1. The molecule has 11 nitrogen and oxygen atoms in total. The number of methoxy groups -OCH3 is 1. The summed E-state index contributed by atoms with van der Waals surface area (Å²) < 4.78 is 8.13. The van der Waals surface area contributed by atoms with E-state index in [9.17, 15) is 9.59 Å². The molecule has 0 saturated heterocycles. The zero-order chi connectivity index (χ0) is 25.5. The molecule has 1 fully saturated rings. The Labute approximate surface area is 208 Å². The van der Waals surface area contributed by atoms with Crippen molar-refractivity contribution in [2.45, 2.75) is 38.2 Å². The molecule has 0 spiro atoms. The van der Waals surface area contributed by atoms with Gasteiger partial charge in [0.1, 0.15) is 22.9 Å². The quantitative estimate of drug-likeness (QED) is 0.374. The third kappa shape index (κ3) is 5.52. The third-order valence-corrected chi connectivity index (χ3v) is 6.01. The van der Waals surface area contributed by atoms with Crippen LogP contribution in [-0.2, 0) is 4.74 Å². The van der Waals surface area contributed by atoms with E-state index in [0.29, 0.717) is 29.1 Å². The second-order valence-corrected chi connectivity index (χ2v) is 8.36. The summed E-state index contributed by atoms with van der Waals surface area (Å²) in [5.41, 5.74) is 6.54. The Kier molecular flexibility index (Phi) is 7.91. The summed E-state index contributed by atoms with van der Waals surface area (Å²) in [6, 6.07) is 8.59. The number of nitrogens with zero attached hydrogens (tertiary/aromatic N) is 5. The Balaban J connectivity index is 0.000000325. The number of carbonyl (C=O) groups excluding carboxylic acids is 1. The maximum absolute atomic E-state index is 12.9. The van der Waals surface area contributed by atoms with E-state index < -0.39 is 5.91 Å². The average Bonchev–Trinajstić information content (AvgIpc) is 3.35. The standard InChI is InChI=1S/C18H16N8O2.C7H14O/c1-20-15-8-14(24-17-12(16(19)27)10-22-26(15)17)23-13-5-3-7-25(18(13)28)11-4-2-6-21-9-11;1-8-7-5-3-2-4-6-7/h2-10,20H,1H3,(H2,19,27)(H,23,24);7H,2-6H2,1H3. The van der Waals surface area contributed by atoms with Crippen LogP contribution in [-0.4, -0.2) is 50.3 Å². The van der Waals surface area contributed by atoms with Crippen molar-refractivity contribution in [3.8, 4) is 5.69 Å². The highest BCUT2D eigenvalue weighted by Crippen LogP contribution is 2.21. The van der Waals surface area contributed by atoms with Crippen LogP contribution in [0.1, 0.15) is 42.5 Å². The van der Waals surface area contributed by atoms with Crippen molar-refractivity contribution in [3.63, 3.8) is 0 Å². The first kappa shape index (κ1) is 24.9. The predicted molar refractivity (Wildman–Crippen MR) is 138 cm³/mol. The molecule has 1 saturated carbocycles. The smallest absolute Gasteiger partial charge is 0.278 e. The van der Waals surface area contributed by atoms with Crippen LogP contribution in [0.25, 0.3) is 11.3 Å². The second kappa shape index (κ2) is 11.5. The second-order valence-electron chi connectivity index (χ2n) is 8.36. The molecule has 4 heterocycles. The summed E-state index contributed by atoms with van der Waals surface area (Å²) in [7, 11) is 3.53. The van der Waals surface area contributed by atoms with E-state index >= 15 is 0 Å². The van der Waals surface area contributed by atoms with Gasteiger partial charge in [0.05, 0.1) is 24.2 Å². The van der Waals surface area contributed by atoms with Crippen LogP contribution in [0, 0.1) is 0 Å². The number of nitrogens with one attached hydrogen (secondary N) is 2. The maximum Gasteiger partial charge on any atom is 0.278 e. The fourth-order valence-electron chi connectivity index (χ4n) is 4.11. The number of amides is 1. The Morgan fingerprint density at radius 1 is 1.17 bits per heavy atom. The van der Waals surface area contributed by atoms with Gasteiger partial charge in [0, 0.05) is 32.6 Å². The van der Waals surface area contributed by atoms with Crippen LogP contribution < -0.4 is 21.9 Å². The minimum atomic E-state index is -0.639. The van der Waals surface area contributed by atoms with Gasteiger partial charge < -0.3 is 21.1 Å². The highest BCUT2D eigenvalue weighted by Gasteiger charge is 2.15. The lowest BCUT2D eigenvalue weighted by Crippen LogP contribution is -2.20. The van der Waals surface area contributed by atoms with Crippen molar-refractivity contribution < 1.29 is 9.53 Å². The highest BCUT2D eigenvalue weighted by atomic mass is 16.5. The van der Waals surface area contributed by atoms with Gasteiger partial charge in [0.25, 0.3) is 11.5 Å². The number of hydrogen-bond acceptors (Lipinski definition) is 8. The molecule has 188 valence electrons. The van der Waals surface area contributed by atoms with Gasteiger partial charge in [-0.3, -0.25) is 19.1 Å². The van der Waals surface area contributed by atoms with Crippen LogP contribution in [0.15, 0.2) is 59.9 Å². The molecular weight excluding hydrogens is 460 g/mol. The molecule has 0 aromatic carbocycles. The van der Waals surface area contributed by atoms with Crippen molar-refractivity contribution >= 4 is 28.9 Å². The van der Waals surface area contributed by atoms with E-state index in [1.165, 1.54) is 47.4 Å². The molecule has 11 heteroatoms.